The molecule has 3 nitrogen and oxygen atoms in total. The maximum absolute atomic E-state index is 5.97. The third-order valence-corrected chi connectivity index (χ3v) is 5.55. The van der Waals surface area contributed by atoms with E-state index in [0.29, 0.717) is 5.25 Å². The monoisotopic (exact) mass is 354 g/mol. The van der Waals surface area contributed by atoms with Gasteiger partial charge in [-0.1, -0.05) is 65.2 Å². The summed E-state index contributed by atoms with van der Waals surface area (Å²) in [5.74, 6) is 1.23. The van der Waals surface area contributed by atoms with Crippen LogP contribution < -0.4 is 0 Å². The number of imidazole rings is 1. The van der Waals surface area contributed by atoms with E-state index in [2.05, 4.69) is 35.2 Å². The van der Waals surface area contributed by atoms with Crippen molar-refractivity contribution in [2.45, 2.75) is 89.9 Å². The normalized spacial score (nSPS) is 12.6. The van der Waals surface area contributed by atoms with Gasteiger partial charge in [0.2, 0.25) is 0 Å². The van der Waals surface area contributed by atoms with Crippen molar-refractivity contribution >= 4 is 11.8 Å². The highest BCUT2D eigenvalue weighted by Crippen LogP contribution is 2.16. The molecule has 0 spiro atoms. The van der Waals surface area contributed by atoms with Crippen LogP contribution in [0.3, 0.4) is 0 Å². The van der Waals surface area contributed by atoms with Crippen molar-refractivity contribution in [2.24, 2.45) is 0 Å². The molecule has 1 rings (SSSR count). The first-order chi connectivity index (χ1) is 11.9. The fourth-order valence-electron chi connectivity index (χ4n) is 2.73. The summed E-state index contributed by atoms with van der Waals surface area (Å²) in [4.78, 5) is 4.14. The molecular formula is C20H38N2OS. The molecule has 1 heterocycles. The number of unbranched alkanes of at least 4 members (excludes halogenated alkanes) is 8. The van der Waals surface area contributed by atoms with Crippen molar-refractivity contribution < 1.29 is 4.74 Å². The molecule has 0 N–H and O–H groups in total. The molecule has 1 atom stereocenters. The second kappa shape index (κ2) is 16.0. The quantitative estimate of drug-likeness (QED) is 0.324. The molecule has 1 unspecified atom stereocenters. The van der Waals surface area contributed by atoms with Crippen LogP contribution in [0.1, 0.15) is 78.1 Å². The Hall–Kier alpha value is -0.480. The second-order valence-electron chi connectivity index (χ2n) is 6.66. The largest absolute Gasteiger partial charge is 0.380 e. The van der Waals surface area contributed by atoms with Crippen molar-refractivity contribution in [3.8, 4) is 0 Å². The lowest BCUT2D eigenvalue weighted by atomic mass is 10.1. The van der Waals surface area contributed by atoms with Crippen LogP contribution in [0.25, 0.3) is 0 Å². The van der Waals surface area contributed by atoms with E-state index in [1.165, 1.54) is 70.0 Å². The van der Waals surface area contributed by atoms with Gasteiger partial charge in [-0.05, 0) is 18.6 Å². The molecule has 0 aromatic carbocycles. The zero-order valence-corrected chi connectivity index (χ0v) is 16.7. The number of rotatable bonds is 17. The van der Waals surface area contributed by atoms with Gasteiger partial charge in [-0.3, -0.25) is 0 Å². The molecule has 0 fully saturated rings. The summed E-state index contributed by atoms with van der Waals surface area (Å²) in [5.41, 5.74) is 0. The Morgan fingerprint density at radius 1 is 0.958 bits per heavy atom. The second-order valence-corrected chi connectivity index (χ2v) is 8.06. The first-order valence-corrected chi connectivity index (χ1v) is 11.1. The van der Waals surface area contributed by atoms with Crippen LogP contribution in [0, 0.1) is 0 Å². The summed E-state index contributed by atoms with van der Waals surface area (Å²) < 4.78 is 8.14. The first kappa shape index (κ1) is 21.6. The van der Waals surface area contributed by atoms with Crippen LogP contribution in [-0.2, 0) is 11.3 Å². The van der Waals surface area contributed by atoms with Gasteiger partial charge in [-0.15, -0.1) is 0 Å². The van der Waals surface area contributed by atoms with Gasteiger partial charge in [0, 0.05) is 30.8 Å². The SMILES string of the molecule is CCCCCCCCCCOCC(Cn1ccnc1)SCCCC. The van der Waals surface area contributed by atoms with Gasteiger partial charge in [-0.25, -0.2) is 4.98 Å². The maximum Gasteiger partial charge on any atom is 0.0946 e. The number of hydrogen-bond acceptors (Lipinski definition) is 3. The van der Waals surface area contributed by atoms with Crippen LogP contribution in [0.5, 0.6) is 0 Å². The Morgan fingerprint density at radius 2 is 1.67 bits per heavy atom. The molecule has 0 aliphatic rings. The molecule has 0 aliphatic heterocycles. The third kappa shape index (κ3) is 12.0. The van der Waals surface area contributed by atoms with Crippen molar-refractivity contribution in [1.82, 2.24) is 9.55 Å². The van der Waals surface area contributed by atoms with Crippen molar-refractivity contribution in [1.29, 1.82) is 0 Å². The third-order valence-electron chi connectivity index (χ3n) is 4.27. The molecule has 1 aromatic heterocycles. The van der Waals surface area contributed by atoms with E-state index in [1.54, 1.807) is 0 Å². The predicted molar refractivity (Wildman–Crippen MR) is 107 cm³/mol. The molecule has 1 aromatic rings. The number of nitrogens with zero attached hydrogens (tertiary/aromatic N) is 2. The topological polar surface area (TPSA) is 27.1 Å². The Balaban J connectivity index is 2.04. The van der Waals surface area contributed by atoms with Crippen molar-refractivity contribution in [3.63, 3.8) is 0 Å². The lowest BCUT2D eigenvalue weighted by Crippen LogP contribution is -2.19. The first-order valence-electron chi connectivity index (χ1n) is 10.0. The van der Waals surface area contributed by atoms with Crippen LogP contribution >= 0.6 is 11.8 Å². The minimum atomic E-state index is 0.541. The molecular weight excluding hydrogens is 316 g/mol. The minimum absolute atomic E-state index is 0.541. The van der Waals surface area contributed by atoms with E-state index in [4.69, 9.17) is 4.74 Å². The highest BCUT2D eigenvalue weighted by molar-refractivity contribution is 7.99. The van der Waals surface area contributed by atoms with Gasteiger partial charge in [-0.2, -0.15) is 11.8 Å². The molecule has 24 heavy (non-hydrogen) atoms. The van der Waals surface area contributed by atoms with E-state index in [9.17, 15) is 0 Å². The van der Waals surface area contributed by atoms with Gasteiger partial charge >= 0.3 is 0 Å². The molecule has 140 valence electrons. The summed E-state index contributed by atoms with van der Waals surface area (Å²) in [5, 5.41) is 0.541. The van der Waals surface area contributed by atoms with Crippen LogP contribution in [-0.4, -0.2) is 33.8 Å². The fourth-order valence-corrected chi connectivity index (χ4v) is 3.99. The molecule has 0 bridgehead atoms. The standard InChI is InChI=1S/C20H38N2OS/c1-3-5-7-8-9-10-11-12-15-23-18-20(24-16-6-4-2)17-22-14-13-21-19-22/h13-14,19-20H,3-12,15-18H2,1-2H3. The summed E-state index contributed by atoms with van der Waals surface area (Å²) in [6.07, 6.45) is 19.2. The maximum atomic E-state index is 5.97. The molecule has 0 radical (unpaired) electrons. The van der Waals surface area contributed by atoms with Gasteiger partial charge in [0.05, 0.1) is 12.9 Å². The Morgan fingerprint density at radius 3 is 2.33 bits per heavy atom. The predicted octanol–water partition coefficient (Wildman–Crippen LogP) is 5.94. The highest BCUT2D eigenvalue weighted by Gasteiger charge is 2.10. The van der Waals surface area contributed by atoms with E-state index < -0.39 is 0 Å². The lowest BCUT2D eigenvalue weighted by molar-refractivity contribution is 0.128. The number of hydrogen-bond donors (Lipinski definition) is 0. The smallest absolute Gasteiger partial charge is 0.0946 e. The summed E-state index contributed by atoms with van der Waals surface area (Å²) in [6.45, 7) is 7.32. The average Bonchev–Trinajstić information content (AvgIpc) is 3.09. The van der Waals surface area contributed by atoms with Gasteiger partial charge in [0.25, 0.3) is 0 Å². The summed E-state index contributed by atoms with van der Waals surface area (Å²) >= 11 is 2.05. The minimum Gasteiger partial charge on any atom is -0.380 e. The average molecular weight is 355 g/mol. The van der Waals surface area contributed by atoms with E-state index >= 15 is 0 Å². The Bertz CT molecular complexity index is 357. The Kier molecular flexibility index (Phi) is 14.4. The van der Waals surface area contributed by atoms with Gasteiger partial charge < -0.3 is 9.30 Å². The molecule has 0 amide bonds. The van der Waals surface area contributed by atoms with E-state index in [1.807, 2.05) is 18.7 Å². The molecule has 0 saturated heterocycles. The van der Waals surface area contributed by atoms with E-state index in [0.717, 1.165) is 19.8 Å². The van der Waals surface area contributed by atoms with E-state index in [-0.39, 0.29) is 0 Å². The van der Waals surface area contributed by atoms with Crippen LogP contribution in [0.2, 0.25) is 0 Å². The Labute approximate surface area is 154 Å². The zero-order chi connectivity index (χ0) is 17.3. The van der Waals surface area contributed by atoms with Gasteiger partial charge in [0.15, 0.2) is 0 Å². The van der Waals surface area contributed by atoms with Crippen LogP contribution in [0.15, 0.2) is 18.7 Å². The van der Waals surface area contributed by atoms with Crippen LogP contribution in [0.4, 0.5) is 0 Å². The lowest BCUT2D eigenvalue weighted by Gasteiger charge is -2.17. The van der Waals surface area contributed by atoms with Gasteiger partial charge in [0.1, 0.15) is 0 Å². The highest BCUT2D eigenvalue weighted by atomic mass is 32.2. The zero-order valence-electron chi connectivity index (χ0n) is 15.9. The summed E-state index contributed by atoms with van der Waals surface area (Å²) in [6, 6.07) is 0. The number of thioether (sulfide) groups is 1. The van der Waals surface area contributed by atoms with Crippen molar-refractivity contribution in [2.75, 3.05) is 19.0 Å². The number of aromatic nitrogens is 2. The molecule has 0 saturated carbocycles. The fraction of sp³-hybridized carbons (Fsp3) is 0.850. The molecule has 0 aliphatic carbocycles. The molecule has 4 heteroatoms. The van der Waals surface area contributed by atoms with Crippen molar-refractivity contribution in [3.05, 3.63) is 18.7 Å². The summed E-state index contributed by atoms with van der Waals surface area (Å²) in [7, 11) is 0. The number of ether oxygens (including phenoxy) is 1.